The Morgan fingerprint density at radius 3 is 2.12 bits per heavy atom. The van der Waals surface area contributed by atoms with Gasteiger partial charge in [-0.25, -0.2) is 0 Å². The third-order valence-corrected chi connectivity index (χ3v) is 1.90. The van der Waals surface area contributed by atoms with Crippen LogP contribution in [0.15, 0.2) is 11.6 Å². The van der Waals surface area contributed by atoms with Crippen LogP contribution < -0.4 is 0 Å². The van der Waals surface area contributed by atoms with E-state index in [1.165, 1.54) is 32.1 Å². The Kier molecular flexibility index (Phi) is 2.13. The lowest BCUT2D eigenvalue weighted by molar-refractivity contribution is 0.598. The smallest absolute Gasteiger partial charge is 0.0320 e. The van der Waals surface area contributed by atoms with Crippen molar-refractivity contribution in [3.8, 4) is 0 Å². The summed E-state index contributed by atoms with van der Waals surface area (Å²) in [7, 11) is 0. The molecule has 0 heteroatoms. The van der Waals surface area contributed by atoms with Crippen LogP contribution >= 0.6 is 0 Å². The van der Waals surface area contributed by atoms with Crippen molar-refractivity contribution in [2.75, 3.05) is 0 Å². The van der Waals surface area contributed by atoms with E-state index in [-0.39, 0.29) is 0 Å². The molecule has 0 N–H and O–H groups in total. The highest BCUT2D eigenvalue weighted by Gasteiger charge is 2.01. The summed E-state index contributed by atoms with van der Waals surface area (Å²) in [4.78, 5) is 0. The van der Waals surface area contributed by atoms with Crippen LogP contribution in [0, 0.1) is 0 Å². The Hall–Kier alpha value is -0.260. The predicted octanol–water partition coefficient (Wildman–Crippen LogP) is 2.90. The van der Waals surface area contributed by atoms with Crippen LogP contribution in [0.5, 0.6) is 0 Å². The number of allylic oxidation sites excluding steroid dienone is 2. The van der Waals surface area contributed by atoms with E-state index in [1.54, 1.807) is 5.57 Å². The van der Waals surface area contributed by atoms with Crippen molar-refractivity contribution in [3.05, 3.63) is 11.6 Å². The minimum atomic E-state index is 1.37. The van der Waals surface area contributed by atoms with E-state index in [9.17, 15) is 0 Å². The molecule has 0 aromatic rings. The van der Waals surface area contributed by atoms with E-state index in [0.717, 1.165) is 0 Å². The first kappa shape index (κ1) is 5.87. The van der Waals surface area contributed by atoms with Crippen LogP contribution in [-0.4, -0.2) is 0 Å². The molecule has 0 nitrogen and oxygen atoms in total. The Balaban J connectivity index is 2.33. The van der Waals surface area contributed by atoms with Gasteiger partial charge in [0.15, 0.2) is 0 Å². The monoisotopic (exact) mass is 110 g/mol. The van der Waals surface area contributed by atoms with Gasteiger partial charge in [-0.1, -0.05) is 18.1 Å². The number of hydrogen-bond donors (Lipinski definition) is 0. The molecule has 0 unspecified atom stereocenters. The van der Waals surface area contributed by atoms with Gasteiger partial charge in [0.05, 0.1) is 0 Å². The van der Waals surface area contributed by atoms with Gasteiger partial charge in [-0.3, -0.25) is 0 Å². The lowest BCUT2D eigenvalue weighted by Crippen LogP contribution is -1.91. The van der Waals surface area contributed by atoms with Gasteiger partial charge in [-0.05, 0) is 32.6 Å². The molecule has 0 atom stereocenters. The Morgan fingerprint density at radius 1 is 1.12 bits per heavy atom. The molecule has 0 radical (unpaired) electrons. The van der Waals surface area contributed by atoms with Gasteiger partial charge in [0.1, 0.15) is 0 Å². The molecule has 1 saturated carbocycles. The zero-order valence-electron chi connectivity index (χ0n) is 5.61. The van der Waals surface area contributed by atoms with Gasteiger partial charge in [0.2, 0.25) is 0 Å². The number of rotatable bonds is 0. The highest BCUT2D eigenvalue weighted by atomic mass is 14.1. The molecule has 0 saturated heterocycles. The molecule has 0 bridgehead atoms. The summed E-state index contributed by atoms with van der Waals surface area (Å²) in [6.45, 7) is 2.15. The average Bonchev–Trinajstić information content (AvgIpc) is 1.90. The molecule has 0 amide bonds. The molecule has 0 aromatic heterocycles. The first-order valence-corrected chi connectivity index (χ1v) is 3.57. The van der Waals surface area contributed by atoms with Crippen molar-refractivity contribution in [2.24, 2.45) is 0 Å². The zero-order chi connectivity index (χ0) is 5.82. The number of hydrogen-bond acceptors (Lipinski definition) is 0. The molecule has 0 heterocycles. The van der Waals surface area contributed by atoms with Gasteiger partial charge in [0, 0.05) is 0 Å². The van der Waals surface area contributed by atoms with E-state index in [1.807, 2.05) is 0 Å². The van der Waals surface area contributed by atoms with E-state index < -0.39 is 0 Å². The minimum absolute atomic E-state index is 1.37. The topological polar surface area (TPSA) is 0 Å². The third kappa shape index (κ3) is 1.36. The maximum Gasteiger partial charge on any atom is -0.0320 e. The average molecular weight is 110 g/mol. The third-order valence-electron chi connectivity index (χ3n) is 1.90. The van der Waals surface area contributed by atoms with E-state index in [0.29, 0.717) is 0 Å². The molecule has 1 rings (SSSR count). The van der Waals surface area contributed by atoms with Gasteiger partial charge in [0.25, 0.3) is 0 Å². The molecule has 1 aliphatic carbocycles. The minimum Gasteiger partial charge on any atom is -0.0885 e. The molecule has 0 aliphatic heterocycles. The zero-order valence-corrected chi connectivity index (χ0v) is 5.61. The summed E-state index contributed by atoms with van der Waals surface area (Å²) in [6.07, 6.45) is 9.34. The van der Waals surface area contributed by atoms with E-state index in [2.05, 4.69) is 13.0 Å². The summed E-state index contributed by atoms with van der Waals surface area (Å²) in [5, 5.41) is 0. The van der Waals surface area contributed by atoms with Crippen molar-refractivity contribution in [3.63, 3.8) is 0 Å². The van der Waals surface area contributed by atoms with Crippen LogP contribution in [0.2, 0.25) is 0 Å². The second kappa shape index (κ2) is 2.91. The van der Waals surface area contributed by atoms with Gasteiger partial charge in [-0.15, -0.1) is 0 Å². The molecule has 1 aliphatic rings. The molecular weight excluding hydrogens is 96.1 g/mol. The van der Waals surface area contributed by atoms with E-state index >= 15 is 0 Å². The SMILES string of the molecule is CC=C1CCCCC1. The normalized spacial score (nSPS) is 20.9. The highest BCUT2D eigenvalue weighted by Crippen LogP contribution is 2.21. The fourth-order valence-corrected chi connectivity index (χ4v) is 1.29. The molecule has 0 spiro atoms. The molecule has 46 valence electrons. The summed E-state index contributed by atoms with van der Waals surface area (Å²) >= 11 is 0. The second-order valence-electron chi connectivity index (χ2n) is 2.51. The highest BCUT2D eigenvalue weighted by molar-refractivity contribution is 5.01. The fraction of sp³-hybridized carbons (Fsp3) is 0.750. The van der Waals surface area contributed by atoms with Crippen molar-refractivity contribution < 1.29 is 0 Å². The standard InChI is InChI=1S/C8H14/c1-2-8-6-4-3-5-7-8/h2H,3-7H2,1H3. The first-order chi connectivity index (χ1) is 3.93. The van der Waals surface area contributed by atoms with Crippen LogP contribution in [0.3, 0.4) is 0 Å². The summed E-state index contributed by atoms with van der Waals surface area (Å²) in [5.74, 6) is 0. The van der Waals surface area contributed by atoms with Crippen molar-refractivity contribution >= 4 is 0 Å². The van der Waals surface area contributed by atoms with Crippen LogP contribution in [0.1, 0.15) is 39.0 Å². The Bertz CT molecular complexity index is 82.2. The molecular formula is C8H14. The van der Waals surface area contributed by atoms with Crippen molar-refractivity contribution in [1.29, 1.82) is 0 Å². The molecule has 0 aromatic carbocycles. The van der Waals surface area contributed by atoms with Crippen LogP contribution in [0.4, 0.5) is 0 Å². The summed E-state index contributed by atoms with van der Waals surface area (Å²) in [5.41, 5.74) is 1.68. The quantitative estimate of drug-likeness (QED) is 0.420. The van der Waals surface area contributed by atoms with Crippen molar-refractivity contribution in [1.82, 2.24) is 0 Å². The maximum atomic E-state index is 2.28. The lowest BCUT2D eigenvalue weighted by Gasteiger charge is -2.11. The lowest BCUT2D eigenvalue weighted by atomic mass is 9.95. The Labute approximate surface area is 51.6 Å². The largest absolute Gasteiger partial charge is 0.0885 e. The van der Waals surface area contributed by atoms with Crippen LogP contribution in [0.25, 0.3) is 0 Å². The van der Waals surface area contributed by atoms with Gasteiger partial charge >= 0.3 is 0 Å². The van der Waals surface area contributed by atoms with Crippen molar-refractivity contribution in [2.45, 2.75) is 39.0 Å². The first-order valence-electron chi connectivity index (χ1n) is 3.57. The second-order valence-corrected chi connectivity index (χ2v) is 2.51. The Morgan fingerprint density at radius 2 is 1.75 bits per heavy atom. The van der Waals surface area contributed by atoms with Crippen LogP contribution in [-0.2, 0) is 0 Å². The maximum absolute atomic E-state index is 2.28. The summed E-state index contributed by atoms with van der Waals surface area (Å²) < 4.78 is 0. The van der Waals surface area contributed by atoms with Gasteiger partial charge in [-0.2, -0.15) is 0 Å². The summed E-state index contributed by atoms with van der Waals surface area (Å²) in [6, 6.07) is 0. The fourth-order valence-electron chi connectivity index (χ4n) is 1.29. The van der Waals surface area contributed by atoms with E-state index in [4.69, 9.17) is 0 Å². The molecule has 8 heavy (non-hydrogen) atoms. The van der Waals surface area contributed by atoms with Gasteiger partial charge < -0.3 is 0 Å². The molecule has 1 fully saturated rings. The predicted molar refractivity (Wildman–Crippen MR) is 36.8 cm³/mol.